The van der Waals surface area contributed by atoms with Crippen LogP contribution in [0.25, 0.3) is 0 Å². The number of pyridine rings is 1. The Morgan fingerprint density at radius 3 is 2.67 bits per heavy atom. The van der Waals surface area contributed by atoms with Gasteiger partial charge in [0.1, 0.15) is 5.82 Å². The van der Waals surface area contributed by atoms with Crippen LogP contribution in [0.5, 0.6) is 0 Å². The van der Waals surface area contributed by atoms with Crippen LogP contribution >= 0.6 is 0 Å². The van der Waals surface area contributed by atoms with Crippen molar-refractivity contribution in [2.24, 2.45) is 0 Å². The molecule has 1 aromatic rings. The number of sulfonamides is 1. The third-order valence-corrected chi connectivity index (χ3v) is 3.45. The third-order valence-electron chi connectivity index (χ3n) is 2.09. The second kappa shape index (κ2) is 5.60. The van der Waals surface area contributed by atoms with Gasteiger partial charge in [-0.3, -0.25) is 10.1 Å². The second-order valence-electron chi connectivity index (χ2n) is 3.31. The number of rotatable bonds is 6. The summed E-state index contributed by atoms with van der Waals surface area (Å²) in [4.78, 5) is 13.6. The molecule has 0 fully saturated rings. The molecule has 0 saturated carbocycles. The summed E-state index contributed by atoms with van der Waals surface area (Å²) in [6, 6.07) is 2.57. The highest BCUT2D eigenvalue weighted by Crippen LogP contribution is 2.20. The highest BCUT2D eigenvalue weighted by Gasteiger charge is 2.13. The van der Waals surface area contributed by atoms with Gasteiger partial charge in [0.25, 0.3) is 0 Å². The molecule has 0 aromatic carbocycles. The first-order chi connectivity index (χ1) is 8.35. The van der Waals surface area contributed by atoms with Gasteiger partial charge in [0.2, 0.25) is 15.8 Å². The molecule has 0 amide bonds. The van der Waals surface area contributed by atoms with Gasteiger partial charge in [0.15, 0.2) is 0 Å². The number of nitrogens with two attached hydrogens (primary N) is 1. The molecule has 10 heteroatoms. The molecule has 0 radical (unpaired) electrons. The van der Waals surface area contributed by atoms with Crippen LogP contribution in [0.3, 0.4) is 0 Å². The molecule has 0 bridgehead atoms. The molecule has 4 N–H and O–H groups in total. The molecule has 0 spiro atoms. The van der Waals surface area contributed by atoms with Crippen LogP contribution in [0, 0.1) is 10.1 Å². The lowest BCUT2D eigenvalue weighted by Crippen LogP contribution is -2.26. The molecule has 9 nitrogen and oxygen atoms in total. The van der Waals surface area contributed by atoms with Crippen molar-refractivity contribution >= 4 is 27.3 Å². The van der Waals surface area contributed by atoms with Crippen LogP contribution in [-0.2, 0) is 10.0 Å². The average Bonchev–Trinajstić information content (AvgIpc) is 2.28. The maximum atomic E-state index is 11.1. The monoisotopic (exact) mass is 275 g/mol. The van der Waals surface area contributed by atoms with E-state index in [2.05, 4.69) is 15.0 Å². The molecule has 1 aromatic heterocycles. The molecule has 100 valence electrons. The number of hydrogen-bond donors (Lipinski definition) is 3. The van der Waals surface area contributed by atoms with Gasteiger partial charge in [0, 0.05) is 12.6 Å². The fraction of sp³-hybridized carbons (Fsp3) is 0.375. The van der Waals surface area contributed by atoms with E-state index in [0.29, 0.717) is 0 Å². The zero-order chi connectivity index (χ0) is 13.8. The van der Waals surface area contributed by atoms with Crippen molar-refractivity contribution in [2.45, 2.75) is 0 Å². The van der Waals surface area contributed by atoms with E-state index in [4.69, 9.17) is 5.73 Å². The van der Waals surface area contributed by atoms with Crippen LogP contribution < -0.4 is 15.8 Å². The minimum absolute atomic E-state index is 0.118. The van der Waals surface area contributed by atoms with Gasteiger partial charge in [-0.1, -0.05) is 0 Å². The summed E-state index contributed by atoms with van der Waals surface area (Å²) < 4.78 is 24.4. The number of hydrogen-bond acceptors (Lipinski definition) is 7. The number of anilines is 2. The summed E-state index contributed by atoms with van der Waals surface area (Å²) in [6.07, 6.45) is 0. The highest BCUT2D eigenvalue weighted by molar-refractivity contribution is 7.89. The fourth-order valence-electron chi connectivity index (χ4n) is 1.14. The van der Waals surface area contributed by atoms with E-state index in [1.54, 1.807) is 0 Å². The molecule has 18 heavy (non-hydrogen) atoms. The van der Waals surface area contributed by atoms with E-state index in [1.807, 2.05) is 0 Å². The molecular formula is C8H13N5O4S. The van der Waals surface area contributed by atoms with Gasteiger partial charge in [-0.15, -0.1) is 0 Å². The fourth-order valence-corrected chi connectivity index (χ4v) is 1.71. The largest absolute Gasteiger partial charge is 0.378 e. The number of nitrogen functional groups attached to an aromatic ring is 1. The average molecular weight is 275 g/mol. The molecule has 1 rings (SSSR count). The maximum absolute atomic E-state index is 11.1. The van der Waals surface area contributed by atoms with Gasteiger partial charge in [-0.05, 0) is 13.1 Å². The number of aromatic nitrogens is 1. The quantitative estimate of drug-likeness (QED) is 0.471. The summed E-state index contributed by atoms with van der Waals surface area (Å²) in [5, 5.41) is 13.2. The zero-order valence-electron chi connectivity index (χ0n) is 9.58. The second-order valence-corrected chi connectivity index (χ2v) is 5.35. The summed E-state index contributed by atoms with van der Waals surface area (Å²) in [6.45, 7) is 0.118. The topological polar surface area (TPSA) is 140 Å². The first-order valence-electron chi connectivity index (χ1n) is 4.92. The Kier molecular flexibility index (Phi) is 4.39. The summed E-state index contributed by atoms with van der Waals surface area (Å²) >= 11 is 0. The Morgan fingerprint density at radius 1 is 1.50 bits per heavy atom. The maximum Gasteiger partial charge on any atom is 0.311 e. The Hall–Kier alpha value is -1.94. The van der Waals surface area contributed by atoms with E-state index in [-0.39, 0.29) is 29.6 Å². The SMILES string of the molecule is CNS(=O)(=O)CCNc1ccc([N+](=O)[O-])c(N)n1. The Bertz CT molecular complexity index is 544. The molecule has 0 saturated heterocycles. The van der Waals surface area contributed by atoms with Gasteiger partial charge < -0.3 is 11.1 Å². The lowest BCUT2D eigenvalue weighted by atomic mass is 10.4. The minimum atomic E-state index is -3.30. The lowest BCUT2D eigenvalue weighted by Gasteiger charge is -2.06. The van der Waals surface area contributed by atoms with E-state index < -0.39 is 14.9 Å². The van der Waals surface area contributed by atoms with Crippen molar-refractivity contribution in [3.05, 3.63) is 22.2 Å². The highest BCUT2D eigenvalue weighted by atomic mass is 32.2. The summed E-state index contributed by atoms with van der Waals surface area (Å²) in [5.41, 5.74) is 5.09. The Labute approximate surface area is 104 Å². The van der Waals surface area contributed by atoms with Crippen LogP contribution in [0.4, 0.5) is 17.3 Å². The summed E-state index contributed by atoms with van der Waals surface area (Å²) in [5.74, 6) is -0.0758. The Morgan fingerprint density at radius 2 is 2.17 bits per heavy atom. The van der Waals surface area contributed by atoms with E-state index in [0.717, 1.165) is 0 Å². The van der Waals surface area contributed by atoms with Gasteiger partial charge in [-0.2, -0.15) is 0 Å². The van der Waals surface area contributed by atoms with Crippen LogP contribution in [0.15, 0.2) is 12.1 Å². The third kappa shape index (κ3) is 3.82. The molecule has 0 unspecified atom stereocenters. The zero-order valence-corrected chi connectivity index (χ0v) is 10.4. The summed E-state index contributed by atoms with van der Waals surface area (Å²) in [7, 11) is -1.98. The first kappa shape index (κ1) is 14.1. The van der Waals surface area contributed by atoms with Crippen LogP contribution in [0.1, 0.15) is 0 Å². The van der Waals surface area contributed by atoms with Crippen molar-refractivity contribution < 1.29 is 13.3 Å². The number of nitro groups is 1. The van der Waals surface area contributed by atoms with Gasteiger partial charge in [0.05, 0.1) is 10.7 Å². The van der Waals surface area contributed by atoms with Crippen molar-refractivity contribution in [2.75, 3.05) is 30.4 Å². The smallest absolute Gasteiger partial charge is 0.311 e. The lowest BCUT2D eigenvalue weighted by molar-refractivity contribution is -0.384. The molecule has 1 heterocycles. The van der Waals surface area contributed by atoms with Crippen molar-refractivity contribution in [3.8, 4) is 0 Å². The van der Waals surface area contributed by atoms with Crippen molar-refractivity contribution in [1.82, 2.24) is 9.71 Å². The standard InChI is InChI=1S/C8H13N5O4S/c1-10-18(16,17)5-4-11-7-3-2-6(13(14)15)8(9)12-7/h2-3,10H,4-5H2,1H3,(H3,9,11,12). The molecular weight excluding hydrogens is 262 g/mol. The predicted octanol–water partition coefficient (Wildman–Crippen LogP) is -0.467. The molecule has 0 aliphatic heterocycles. The van der Waals surface area contributed by atoms with E-state index in [9.17, 15) is 18.5 Å². The molecule has 0 atom stereocenters. The van der Waals surface area contributed by atoms with Gasteiger partial charge >= 0.3 is 5.69 Å². The Balaban J connectivity index is 2.65. The van der Waals surface area contributed by atoms with E-state index >= 15 is 0 Å². The first-order valence-corrected chi connectivity index (χ1v) is 6.57. The van der Waals surface area contributed by atoms with Crippen molar-refractivity contribution in [3.63, 3.8) is 0 Å². The number of nitrogens with one attached hydrogen (secondary N) is 2. The molecule has 0 aliphatic rings. The molecule has 0 aliphatic carbocycles. The van der Waals surface area contributed by atoms with E-state index in [1.165, 1.54) is 19.2 Å². The predicted molar refractivity (Wildman–Crippen MR) is 66.6 cm³/mol. The van der Waals surface area contributed by atoms with Crippen molar-refractivity contribution in [1.29, 1.82) is 0 Å². The van der Waals surface area contributed by atoms with Crippen LogP contribution in [0.2, 0.25) is 0 Å². The number of nitrogens with zero attached hydrogens (tertiary/aromatic N) is 2. The van der Waals surface area contributed by atoms with Crippen LogP contribution in [-0.4, -0.2) is 37.7 Å². The normalized spacial score (nSPS) is 11.2. The van der Waals surface area contributed by atoms with Gasteiger partial charge in [-0.25, -0.2) is 18.1 Å². The minimum Gasteiger partial charge on any atom is -0.378 e.